The van der Waals surface area contributed by atoms with Crippen molar-refractivity contribution in [2.45, 2.75) is 49.8 Å². The summed E-state index contributed by atoms with van der Waals surface area (Å²) >= 11 is 12.2. The molecule has 20 heavy (non-hydrogen) atoms. The second-order valence-corrected chi connectivity index (χ2v) is 7.30. The van der Waals surface area contributed by atoms with Crippen LogP contribution < -0.4 is 0 Å². The summed E-state index contributed by atoms with van der Waals surface area (Å²) in [5.41, 5.74) is 1.25. The Morgan fingerprint density at radius 2 is 1.95 bits per heavy atom. The first kappa shape index (κ1) is 13.4. The van der Waals surface area contributed by atoms with Gasteiger partial charge in [-0.3, -0.25) is 4.90 Å². The van der Waals surface area contributed by atoms with Crippen molar-refractivity contribution in [1.82, 2.24) is 4.90 Å². The van der Waals surface area contributed by atoms with Gasteiger partial charge in [-0.2, -0.15) is 0 Å². The van der Waals surface area contributed by atoms with Crippen LogP contribution >= 0.6 is 23.2 Å². The molecule has 108 valence electrons. The molecule has 3 fully saturated rings. The molecule has 0 saturated carbocycles. The highest BCUT2D eigenvalue weighted by atomic mass is 35.5. The van der Waals surface area contributed by atoms with Crippen molar-refractivity contribution in [1.29, 1.82) is 0 Å². The highest BCUT2D eigenvalue weighted by molar-refractivity contribution is 6.42. The van der Waals surface area contributed by atoms with Crippen LogP contribution in [0.3, 0.4) is 0 Å². The van der Waals surface area contributed by atoms with Gasteiger partial charge in [0, 0.05) is 24.5 Å². The number of hydrogen-bond donors (Lipinski definition) is 1. The van der Waals surface area contributed by atoms with Crippen molar-refractivity contribution in [2.75, 3.05) is 6.54 Å². The van der Waals surface area contributed by atoms with Crippen LogP contribution in [0.25, 0.3) is 0 Å². The first-order valence-corrected chi connectivity index (χ1v) is 8.29. The molecule has 2 nitrogen and oxygen atoms in total. The van der Waals surface area contributed by atoms with Gasteiger partial charge in [-0.05, 0) is 49.3 Å². The SMILES string of the molecule is OC1CCN2[C@H]3CC[C@@H]2C1[C@@H](c1ccc(Cl)c(Cl)c1)C3. The molecule has 0 aliphatic carbocycles. The molecule has 3 aliphatic heterocycles. The fraction of sp³-hybridized carbons (Fsp3) is 0.625. The number of aliphatic hydroxyl groups is 1. The summed E-state index contributed by atoms with van der Waals surface area (Å²) in [4.78, 5) is 2.64. The molecule has 0 radical (unpaired) electrons. The van der Waals surface area contributed by atoms with Crippen LogP contribution in [0, 0.1) is 5.92 Å². The molecule has 3 aliphatic rings. The van der Waals surface area contributed by atoms with Crippen LogP contribution in [-0.2, 0) is 0 Å². The highest BCUT2D eigenvalue weighted by Gasteiger charge is 2.52. The average Bonchev–Trinajstić information content (AvgIpc) is 2.71. The van der Waals surface area contributed by atoms with Crippen LogP contribution in [0.2, 0.25) is 10.0 Å². The van der Waals surface area contributed by atoms with E-state index in [2.05, 4.69) is 11.0 Å². The topological polar surface area (TPSA) is 23.5 Å². The fourth-order valence-corrected chi connectivity index (χ4v) is 5.11. The summed E-state index contributed by atoms with van der Waals surface area (Å²) in [6.45, 7) is 1.07. The van der Waals surface area contributed by atoms with E-state index >= 15 is 0 Å². The minimum Gasteiger partial charge on any atom is -0.393 e. The Bertz CT molecular complexity index is 535. The Hall–Kier alpha value is -0.280. The smallest absolute Gasteiger partial charge is 0.0601 e. The largest absolute Gasteiger partial charge is 0.393 e. The quantitative estimate of drug-likeness (QED) is 0.855. The average molecular weight is 312 g/mol. The van der Waals surface area contributed by atoms with Gasteiger partial charge in [0.2, 0.25) is 0 Å². The van der Waals surface area contributed by atoms with E-state index in [-0.39, 0.29) is 6.10 Å². The zero-order valence-electron chi connectivity index (χ0n) is 11.3. The molecule has 6 atom stereocenters. The van der Waals surface area contributed by atoms with E-state index in [1.54, 1.807) is 0 Å². The first-order chi connectivity index (χ1) is 9.65. The maximum absolute atomic E-state index is 10.5. The number of nitrogens with zero attached hydrogens (tertiary/aromatic N) is 1. The minimum atomic E-state index is -0.172. The Balaban J connectivity index is 1.72. The number of benzene rings is 1. The Morgan fingerprint density at radius 3 is 2.75 bits per heavy atom. The van der Waals surface area contributed by atoms with Crippen molar-refractivity contribution < 1.29 is 5.11 Å². The van der Waals surface area contributed by atoms with Gasteiger partial charge in [-0.25, -0.2) is 0 Å². The fourth-order valence-electron chi connectivity index (χ4n) is 4.80. The zero-order chi connectivity index (χ0) is 13.9. The van der Waals surface area contributed by atoms with Crippen molar-refractivity contribution in [3.63, 3.8) is 0 Å². The van der Waals surface area contributed by atoms with Gasteiger partial charge in [0.05, 0.1) is 16.1 Å². The summed E-state index contributed by atoms with van der Waals surface area (Å²) in [7, 11) is 0. The lowest BCUT2D eigenvalue weighted by Crippen LogP contribution is -2.56. The molecule has 1 N–H and O–H groups in total. The number of aliphatic hydroxyl groups excluding tert-OH is 1. The van der Waals surface area contributed by atoms with Gasteiger partial charge in [-0.15, -0.1) is 0 Å². The molecule has 0 spiro atoms. The summed E-state index contributed by atoms with van der Waals surface area (Å²) in [6.07, 6.45) is 4.41. The number of piperidine rings is 2. The minimum absolute atomic E-state index is 0.172. The van der Waals surface area contributed by atoms with E-state index in [0.29, 0.717) is 34.0 Å². The van der Waals surface area contributed by atoms with Gasteiger partial charge in [0.15, 0.2) is 0 Å². The monoisotopic (exact) mass is 311 g/mol. The third kappa shape index (κ3) is 1.93. The van der Waals surface area contributed by atoms with Crippen molar-refractivity contribution in [3.05, 3.63) is 33.8 Å². The molecule has 4 rings (SSSR count). The third-order valence-corrected chi connectivity index (χ3v) is 6.36. The summed E-state index contributed by atoms with van der Waals surface area (Å²) in [5, 5.41) is 11.8. The van der Waals surface area contributed by atoms with Crippen LogP contribution in [0.5, 0.6) is 0 Å². The van der Waals surface area contributed by atoms with Gasteiger partial charge in [-0.1, -0.05) is 29.3 Å². The molecule has 0 amide bonds. The number of halogens is 2. The summed E-state index contributed by atoms with van der Waals surface area (Å²) in [6, 6.07) is 7.25. The molecule has 1 aromatic rings. The second kappa shape index (κ2) is 4.88. The molecule has 3 heterocycles. The Labute approximate surface area is 129 Å². The molecule has 3 unspecified atom stereocenters. The van der Waals surface area contributed by atoms with Crippen LogP contribution in [0.4, 0.5) is 0 Å². The molecule has 4 bridgehead atoms. The van der Waals surface area contributed by atoms with Gasteiger partial charge in [0.1, 0.15) is 0 Å². The Morgan fingerprint density at radius 1 is 1.10 bits per heavy atom. The predicted molar refractivity (Wildman–Crippen MR) is 81.4 cm³/mol. The van der Waals surface area contributed by atoms with Gasteiger partial charge < -0.3 is 5.11 Å². The summed E-state index contributed by atoms with van der Waals surface area (Å²) in [5.74, 6) is 0.786. The lowest BCUT2D eigenvalue weighted by molar-refractivity contribution is -0.0542. The lowest BCUT2D eigenvalue weighted by Gasteiger charge is -2.50. The second-order valence-electron chi connectivity index (χ2n) is 6.49. The molecule has 1 aromatic carbocycles. The standard InChI is InChI=1S/C16H19Cl2NO/c17-12-3-1-9(7-13(12)18)11-8-10-2-4-14-16(11)15(20)5-6-19(10)14/h1,3,7,10-11,14-16,20H,2,4-6,8H2/t10-,11+,14+,15?,16?/m0/s1. The van der Waals surface area contributed by atoms with Crippen LogP contribution in [0.15, 0.2) is 18.2 Å². The first-order valence-electron chi connectivity index (χ1n) is 7.54. The normalized spacial score (nSPS) is 42.8. The molecular weight excluding hydrogens is 293 g/mol. The number of rotatable bonds is 1. The molecule has 3 saturated heterocycles. The van der Waals surface area contributed by atoms with E-state index in [9.17, 15) is 5.11 Å². The van der Waals surface area contributed by atoms with Crippen molar-refractivity contribution >= 4 is 23.2 Å². The zero-order valence-corrected chi connectivity index (χ0v) is 12.8. The highest BCUT2D eigenvalue weighted by Crippen LogP contribution is 2.51. The van der Waals surface area contributed by atoms with E-state index < -0.39 is 0 Å². The maximum Gasteiger partial charge on any atom is 0.0601 e. The number of hydrogen-bond acceptors (Lipinski definition) is 2. The van der Waals surface area contributed by atoms with E-state index in [1.807, 2.05) is 12.1 Å². The van der Waals surface area contributed by atoms with Crippen molar-refractivity contribution in [2.24, 2.45) is 5.92 Å². The third-order valence-electron chi connectivity index (χ3n) is 5.62. The van der Waals surface area contributed by atoms with Crippen LogP contribution in [0.1, 0.15) is 37.2 Å². The van der Waals surface area contributed by atoms with E-state index in [0.717, 1.165) is 19.4 Å². The predicted octanol–water partition coefficient (Wildman–Crippen LogP) is 3.69. The molecule has 4 heteroatoms. The molecular formula is C16H19Cl2NO. The van der Waals surface area contributed by atoms with Crippen LogP contribution in [-0.4, -0.2) is 34.7 Å². The van der Waals surface area contributed by atoms with E-state index in [1.165, 1.54) is 18.4 Å². The van der Waals surface area contributed by atoms with Crippen molar-refractivity contribution in [3.8, 4) is 0 Å². The van der Waals surface area contributed by atoms with Gasteiger partial charge in [0.25, 0.3) is 0 Å². The maximum atomic E-state index is 10.5. The van der Waals surface area contributed by atoms with E-state index in [4.69, 9.17) is 23.2 Å². The summed E-state index contributed by atoms with van der Waals surface area (Å²) < 4.78 is 0. The lowest BCUT2D eigenvalue weighted by atomic mass is 9.70. The molecule has 0 aromatic heterocycles. The Kier molecular flexibility index (Phi) is 3.26. The van der Waals surface area contributed by atoms with Gasteiger partial charge >= 0.3 is 0 Å².